The highest BCUT2D eigenvalue weighted by atomic mass is 127. The Kier molecular flexibility index (Phi) is 4.66. The van der Waals surface area contributed by atoms with Crippen molar-refractivity contribution in [3.8, 4) is 0 Å². The Hall–Kier alpha value is -0.430. The summed E-state index contributed by atoms with van der Waals surface area (Å²) in [7, 11) is 1.72. The molecule has 1 saturated carbocycles. The molecule has 2 unspecified atom stereocenters. The number of aromatic nitrogens is 2. The molecular weight excluding hydrogens is 355 g/mol. The van der Waals surface area contributed by atoms with E-state index in [2.05, 4.69) is 39.5 Å². The molecule has 0 bridgehead atoms. The first-order valence-corrected chi connectivity index (χ1v) is 7.94. The fourth-order valence-electron chi connectivity index (χ4n) is 2.96. The smallest absolute Gasteiger partial charge is 0.264 e. The summed E-state index contributed by atoms with van der Waals surface area (Å²) in [5.74, 6) is 1.31. The van der Waals surface area contributed by atoms with Crippen LogP contribution in [-0.2, 0) is 16.8 Å². The quantitative estimate of drug-likeness (QED) is 0.826. The summed E-state index contributed by atoms with van der Waals surface area (Å²) in [5, 5.41) is 0. The molecule has 0 amide bonds. The van der Waals surface area contributed by atoms with Crippen LogP contribution < -0.4 is 5.56 Å². The molecule has 0 spiro atoms. The van der Waals surface area contributed by atoms with Crippen molar-refractivity contribution in [2.45, 2.75) is 51.6 Å². The Morgan fingerprint density at radius 3 is 2.89 bits per heavy atom. The van der Waals surface area contributed by atoms with Gasteiger partial charge in [0.2, 0.25) is 0 Å². The first-order valence-electron chi connectivity index (χ1n) is 6.86. The van der Waals surface area contributed by atoms with Crippen LogP contribution in [-0.4, -0.2) is 17.1 Å². The van der Waals surface area contributed by atoms with Gasteiger partial charge in [0.25, 0.3) is 5.56 Å². The van der Waals surface area contributed by atoms with Crippen molar-refractivity contribution in [2.75, 3.05) is 7.11 Å². The molecule has 1 heterocycles. The number of aromatic amines is 1. The van der Waals surface area contributed by atoms with Crippen LogP contribution in [0.25, 0.3) is 0 Å². The van der Waals surface area contributed by atoms with Gasteiger partial charge in [-0.1, -0.05) is 20.3 Å². The maximum absolute atomic E-state index is 12.0. The first-order chi connectivity index (χ1) is 9.02. The van der Waals surface area contributed by atoms with Crippen LogP contribution in [0.2, 0.25) is 0 Å². The number of nitrogens with one attached hydrogen (secondary N) is 1. The van der Waals surface area contributed by atoms with Crippen molar-refractivity contribution in [1.82, 2.24) is 9.97 Å². The average molecular weight is 376 g/mol. The number of hydrogen-bond acceptors (Lipinski definition) is 3. The summed E-state index contributed by atoms with van der Waals surface area (Å²) >= 11 is 2.07. The highest BCUT2D eigenvalue weighted by Gasteiger charge is 2.39. The van der Waals surface area contributed by atoms with Crippen molar-refractivity contribution in [2.24, 2.45) is 5.92 Å². The SMILES string of the molecule is CCc1nc(C2(OC)CCCC(C)C2)[nH]c(=O)c1I. The number of hydrogen-bond donors (Lipinski definition) is 1. The Morgan fingerprint density at radius 1 is 1.58 bits per heavy atom. The third-order valence-electron chi connectivity index (χ3n) is 4.04. The van der Waals surface area contributed by atoms with E-state index in [9.17, 15) is 4.79 Å². The highest BCUT2D eigenvalue weighted by Crippen LogP contribution is 2.40. The van der Waals surface area contributed by atoms with Crippen LogP contribution in [0.15, 0.2) is 4.79 Å². The van der Waals surface area contributed by atoms with Gasteiger partial charge in [-0.2, -0.15) is 0 Å². The second-order valence-corrected chi connectivity index (χ2v) is 6.51. The second kappa shape index (κ2) is 5.91. The van der Waals surface area contributed by atoms with Crippen LogP contribution in [0.5, 0.6) is 0 Å². The Morgan fingerprint density at radius 2 is 2.32 bits per heavy atom. The van der Waals surface area contributed by atoms with E-state index in [1.165, 1.54) is 6.42 Å². The molecule has 1 aliphatic carbocycles. The fraction of sp³-hybridized carbons (Fsp3) is 0.714. The fourth-order valence-corrected chi connectivity index (χ4v) is 3.59. The number of aryl methyl sites for hydroxylation is 1. The van der Waals surface area contributed by atoms with Crippen molar-refractivity contribution in [3.05, 3.63) is 25.4 Å². The second-order valence-electron chi connectivity index (χ2n) is 5.43. The lowest BCUT2D eigenvalue weighted by atomic mass is 9.78. The van der Waals surface area contributed by atoms with Crippen molar-refractivity contribution < 1.29 is 4.74 Å². The Labute approximate surface area is 127 Å². The van der Waals surface area contributed by atoms with Crippen molar-refractivity contribution in [1.29, 1.82) is 0 Å². The minimum absolute atomic E-state index is 0.0444. The predicted octanol–water partition coefficient (Wildman–Crippen LogP) is 2.99. The van der Waals surface area contributed by atoms with E-state index in [0.717, 1.165) is 31.4 Å². The number of H-pyrrole nitrogens is 1. The summed E-state index contributed by atoms with van der Waals surface area (Å²) in [6.45, 7) is 4.26. The number of nitrogens with zero attached hydrogens (tertiary/aromatic N) is 1. The van der Waals surface area contributed by atoms with Crippen LogP contribution >= 0.6 is 22.6 Å². The molecular formula is C14H21IN2O2. The Balaban J connectivity index is 2.49. The molecule has 0 saturated heterocycles. The maximum Gasteiger partial charge on any atom is 0.264 e. The van der Waals surface area contributed by atoms with E-state index in [1.54, 1.807) is 7.11 Å². The zero-order valence-corrected chi connectivity index (χ0v) is 13.9. The molecule has 1 aromatic rings. The monoisotopic (exact) mass is 376 g/mol. The predicted molar refractivity (Wildman–Crippen MR) is 83.3 cm³/mol. The molecule has 2 atom stereocenters. The highest BCUT2D eigenvalue weighted by molar-refractivity contribution is 14.1. The number of rotatable bonds is 3. The zero-order valence-electron chi connectivity index (χ0n) is 11.8. The molecule has 2 rings (SSSR count). The molecule has 0 aliphatic heterocycles. The maximum atomic E-state index is 12.0. The van der Waals surface area contributed by atoms with Gasteiger partial charge in [0, 0.05) is 7.11 Å². The van der Waals surface area contributed by atoms with E-state index in [-0.39, 0.29) is 5.56 Å². The van der Waals surface area contributed by atoms with Gasteiger partial charge in [-0.05, 0) is 54.2 Å². The van der Waals surface area contributed by atoms with Gasteiger partial charge in [0.1, 0.15) is 11.4 Å². The van der Waals surface area contributed by atoms with Gasteiger partial charge in [-0.3, -0.25) is 4.79 Å². The minimum atomic E-state index is -0.412. The van der Waals surface area contributed by atoms with Gasteiger partial charge in [0.05, 0.1) is 9.26 Å². The van der Waals surface area contributed by atoms with E-state index < -0.39 is 5.60 Å². The third kappa shape index (κ3) is 2.86. The van der Waals surface area contributed by atoms with E-state index in [0.29, 0.717) is 15.3 Å². The molecule has 1 aliphatic rings. The van der Waals surface area contributed by atoms with E-state index >= 15 is 0 Å². The van der Waals surface area contributed by atoms with Crippen LogP contribution in [0.1, 0.15) is 51.0 Å². The van der Waals surface area contributed by atoms with E-state index in [4.69, 9.17) is 4.74 Å². The van der Waals surface area contributed by atoms with Crippen LogP contribution in [0, 0.1) is 9.49 Å². The molecule has 106 valence electrons. The number of halogens is 1. The summed E-state index contributed by atoms with van der Waals surface area (Å²) in [5.41, 5.74) is 0.413. The average Bonchev–Trinajstić information content (AvgIpc) is 2.41. The molecule has 19 heavy (non-hydrogen) atoms. The van der Waals surface area contributed by atoms with Gasteiger partial charge in [-0.15, -0.1) is 0 Å². The van der Waals surface area contributed by atoms with Gasteiger partial charge in [-0.25, -0.2) is 4.98 Å². The normalized spacial score (nSPS) is 27.5. The lowest BCUT2D eigenvalue weighted by Gasteiger charge is -2.38. The van der Waals surface area contributed by atoms with Gasteiger partial charge < -0.3 is 9.72 Å². The summed E-state index contributed by atoms with van der Waals surface area (Å²) in [6, 6.07) is 0. The van der Waals surface area contributed by atoms with Crippen molar-refractivity contribution in [3.63, 3.8) is 0 Å². The number of ether oxygens (including phenoxy) is 1. The molecule has 5 heteroatoms. The Bertz CT molecular complexity index is 515. The third-order valence-corrected chi connectivity index (χ3v) is 5.16. The van der Waals surface area contributed by atoms with Crippen LogP contribution in [0.4, 0.5) is 0 Å². The van der Waals surface area contributed by atoms with Gasteiger partial charge >= 0.3 is 0 Å². The summed E-state index contributed by atoms with van der Waals surface area (Å²) in [4.78, 5) is 19.6. The molecule has 0 aromatic carbocycles. The molecule has 4 nitrogen and oxygen atoms in total. The summed E-state index contributed by atoms with van der Waals surface area (Å²) in [6.07, 6.45) is 4.97. The molecule has 1 fully saturated rings. The largest absolute Gasteiger partial charge is 0.370 e. The van der Waals surface area contributed by atoms with Gasteiger partial charge in [0.15, 0.2) is 0 Å². The van der Waals surface area contributed by atoms with E-state index in [1.807, 2.05) is 6.92 Å². The minimum Gasteiger partial charge on any atom is -0.370 e. The van der Waals surface area contributed by atoms with Crippen molar-refractivity contribution >= 4 is 22.6 Å². The zero-order chi connectivity index (χ0) is 14.0. The lowest BCUT2D eigenvalue weighted by Crippen LogP contribution is -2.38. The molecule has 0 radical (unpaired) electrons. The molecule has 1 aromatic heterocycles. The number of methoxy groups -OCH3 is 1. The van der Waals surface area contributed by atoms with Crippen LogP contribution in [0.3, 0.4) is 0 Å². The lowest BCUT2D eigenvalue weighted by molar-refractivity contribution is -0.0649. The topological polar surface area (TPSA) is 55.0 Å². The molecule has 1 N–H and O–H groups in total. The summed E-state index contributed by atoms with van der Waals surface area (Å²) < 4.78 is 6.49. The first kappa shape index (κ1) is 15.0. The standard InChI is InChI=1S/C14H21IN2O2/c1-4-10-11(15)12(18)17-13(16-10)14(19-3)7-5-6-9(2)8-14/h9H,4-8H2,1-3H3,(H,16,17,18).